The zero-order valence-electron chi connectivity index (χ0n) is 13.0. The predicted octanol–water partition coefficient (Wildman–Crippen LogP) is 3.89. The van der Waals surface area contributed by atoms with Crippen molar-refractivity contribution in [3.05, 3.63) is 64.8 Å². The van der Waals surface area contributed by atoms with Crippen molar-refractivity contribution < 1.29 is 23.2 Å². The lowest BCUT2D eigenvalue weighted by molar-refractivity contribution is 0.0424. The van der Waals surface area contributed by atoms with E-state index in [0.29, 0.717) is 17.1 Å². The van der Waals surface area contributed by atoms with E-state index in [0.717, 1.165) is 6.07 Å². The normalized spacial score (nSPS) is 10.5. The number of esters is 1. The molecule has 0 saturated carbocycles. The van der Waals surface area contributed by atoms with E-state index in [2.05, 4.69) is 10.1 Å². The number of hydrogen-bond acceptors (Lipinski definition) is 6. The van der Waals surface area contributed by atoms with Crippen LogP contribution < -0.4 is 4.74 Å². The van der Waals surface area contributed by atoms with Crippen LogP contribution in [0, 0.1) is 5.82 Å². The molecule has 0 aliphatic carbocycles. The minimum atomic E-state index is -0.855. The monoisotopic (exact) mass is 362 g/mol. The maximum atomic E-state index is 13.7. The molecule has 3 rings (SSSR count). The third-order valence-corrected chi connectivity index (χ3v) is 3.53. The van der Waals surface area contributed by atoms with Gasteiger partial charge in [-0.25, -0.2) is 9.18 Å². The number of nitrogens with zero attached hydrogens (tertiary/aromatic N) is 2. The van der Waals surface area contributed by atoms with E-state index in [9.17, 15) is 9.18 Å². The van der Waals surface area contributed by atoms with Crippen molar-refractivity contribution in [2.45, 2.75) is 6.61 Å². The quantitative estimate of drug-likeness (QED) is 0.641. The molecule has 1 aromatic heterocycles. The fourth-order valence-corrected chi connectivity index (χ4v) is 2.27. The molecule has 1 heterocycles. The third kappa shape index (κ3) is 3.77. The Hall–Kier alpha value is -2.93. The second kappa shape index (κ2) is 7.31. The number of para-hydroxylation sites is 1. The molecule has 0 unspecified atom stereocenters. The summed E-state index contributed by atoms with van der Waals surface area (Å²) in [6.07, 6.45) is 0. The van der Waals surface area contributed by atoms with Gasteiger partial charge in [0.1, 0.15) is 11.6 Å². The standard InChI is InChI=1S/C17H12ClFN2O4/c1-23-14-5-3-2-4-12(14)16-20-15(25-21-16)9-24-17(22)11-7-6-10(18)8-13(11)19/h2-8H,9H2,1H3. The molecule has 2 aromatic carbocycles. The van der Waals surface area contributed by atoms with E-state index in [1.54, 1.807) is 18.2 Å². The van der Waals surface area contributed by atoms with Crippen molar-refractivity contribution in [3.8, 4) is 17.1 Å². The Morgan fingerprint density at radius 3 is 2.84 bits per heavy atom. The van der Waals surface area contributed by atoms with Crippen molar-refractivity contribution in [2.75, 3.05) is 7.11 Å². The average molecular weight is 363 g/mol. The van der Waals surface area contributed by atoms with Crippen LogP contribution in [-0.4, -0.2) is 23.2 Å². The van der Waals surface area contributed by atoms with Crippen molar-refractivity contribution in [1.29, 1.82) is 0 Å². The summed E-state index contributed by atoms with van der Waals surface area (Å²) in [6, 6.07) is 10.8. The molecule has 0 radical (unpaired) electrons. The summed E-state index contributed by atoms with van der Waals surface area (Å²) in [5, 5.41) is 4.01. The maximum Gasteiger partial charge on any atom is 0.341 e. The van der Waals surface area contributed by atoms with Gasteiger partial charge in [0.05, 0.1) is 18.2 Å². The van der Waals surface area contributed by atoms with Gasteiger partial charge in [-0.05, 0) is 30.3 Å². The number of carbonyl (C=O) groups is 1. The fraction of sp³-hybridized carbons (Fsp3) is 0.118. The number of halogens is 2. The molecule has 128 valence electrons. The number of hydrogen-bond donors (Lipinski definition) is 0. The molecule has 3 aromatic rings. The minimum Gasteiger partial charge on any atom is -0.496 e. The summed E-state index contributed by atoms with van der Waals surface area (Å²) >= 11 is 5.64. The van der Waals surface area contributed by atoms with Gasteiger partial charge in [0.25, 0.3) is 5.89 Å². The van der Waals surface area contributed by atoms with Gasteiger partial charge in [-0.15, -0.1) is 0 Å². The second-order valence-electron chi connectivity index (χ2n) is 4.91. The summed E-state index contributed by atoms with van der Waals surface area (Å²) in [7, 11) is 1.53. The number of methoxy groups -OCH3 is 1. The van der Waals surface area contributed by atoms with Gasteiger partial charge in [-0.2, -0.15) is 4.98 Å². The molecule has 6 nitrogen and oxygen atoms in total. The van der Waals surface area contributed by atoms with Crippen molar-refractivity contribution in [3.63, 3.8) is 0 Å². The van der Waals surface area contributed by atoms with Crippen LogP contribution in [0.2, 0.25) is 5.02 Å². The van der Waals surface area contributed by atoms with E-state index in [4.69, 9.17) is 25.6 Å². The molecule has 0 spiro atoms. The van der Waals surface area contributed by atoms with Crippen LogP contribution in [-0.2, 0) is 11.3 Å². The molecule has 0 aliphatic rings. The molecule has 0 atom stereocenters. The van der Waals surface area contributed by atoms with Crippen molar-refractivity contribution in [2.24, 2.45) is 0 Å². The lowest BCUT2D eigenvalue weighted by Crippen LogP contribution is -2.07. The number of benzene rings is 2. The van der Waals surface area contributed by atoms with Gasteiger partial charge in [-0.3, -0.25) is 0 Å². The topological polar surface area (TPSA) is 74.5 Å². The third-order valence-electron chi connectivity index (χ3n) is 3.29. The highest BCUT2D eigenvalue weighted by Gasteiger charge is 2.17. The van der Waals surface area contributed by atoms with Crippen LogP contribution in [0.3, 0.4) is 0 Å². The van der Waals surface area contributed by atoms with E-state index >= 15 is 0 Å². The zero-order valence-corrected chi connectivity index (χ0v) is 13.8. The van der Waals surface area contributed by atoms with Crippen LogP contribution in [0.15, 0.2) is 47.0 Å². The summed E-state index contributed by atoms with van der Waals surface area (Å²) in [6.45, 7) is -0.289. The van der Waals surface area contributed by atoms with Gasteiger partial charge < -0.3 is 14.0 Å². The minimum absolute atomic E-state index is 0.0728. The molecule has 0 N–H and O–H groups in total. The van der Waals surface area contributed by atoms with Crippen molar-refractivity contribution >= 4 is 17.6 Å². The molecular weight excluding hydrogens is 351 g/mol. The fourth-order valence-electron chi connectivity index (χ4n) is 2.11. The van der Waals surface area contributed by atoms with Gasteiger partial charge >= 0.3 is 5.97 Å². The first-order valence-corrected chi connectivity index (χ1v) is 7.54. The summed E-state index contributed by atoms with van der Waals surface area (Å²) in [5.41, 5.74) is 0.406. The molecular formula is C17H12ClFN2O4. The first-order valence-electron chi connectivity index (χ1n) is 7.16. The summed E-state index contributed by atoms with van der Waals surface area (Å²) in [4.78, 5) is 16.1. The Bertz CT molecular complexity index is 913. The molecule has 0 amide bonds. The Morgan fingerprint density at radius 1 is 1.28 bits per heavy atom. The predicted molar refractivity (Wildman–Crippen MR) is 86.8 cm³/mol. The lowest BCUT2D eigenvalue weighted by Gasteiger charge is -2.04. The van der Waals surface area contributed by atoms with Crippen LogP contribution in [0.25, 0.3) is 11.4 Å². The number of aromatic nitrogens is 2. The molecule has 0 bridgehead atoms. The van der Waals surface area contributed by atoms with Gasteiger partial charge in [0.15, 0.2) is 6.61 Å². The number of ether oxygens (including phenoxy) is 2. The lowest BCUT2D eigenvalue weighted by atomic mass is 10.2. The smallest absolute Gasteiger partial charge is 0.341 e. The average Bonchev–Trinajstić information content (AvgIpc) is 3.08. The van der Waals surface area contributed by atoms with Crippen LogP contribution in [0.1, 0.15) is 16.2 Å². The summed E-state index contributed by atoms with van der Waals surface area (Å²) in [5.74, 6) is -0.677. The maximum absolute atomic E-state index is 13.7. The zero-order chi connectivity index (χ0) is 17.8. The van der Waals surface area contributed by atoms with Gasteiger partial charge in [0, 0.05) is 5.02 Å². The number of rotatable bonds is 5. The van der Waals surface area contributed by atoms with E-state index in [1.165, 1.54) is 19.2 Å². The van der Waals surface area contributed by atoms with E-state index < -0.39 is 11.8 Å². The first-order chi connectivity index (χ1) is 12.1. The van der Waals surface area contributed by atoms with Crippen LogP contribution in [0.4, 0.5) is 4.39 Å². The second-order valence-corrected chi connectivity index (χ2v) is 5.35. The highest BCUT2D eigenvalue weighted by atomic mass is 35.5. The molecule has 0 aliphatic heterocycles. The Morgan fingerprint density at radius 2 is 2.08 bits per heavy atom. The van der Waals surface area contributed by atoms with Gasteiger partial charge in [0.2, 0.25) is 5.82 Å². The van der Waals surface area contributed by atoms with Crippen molar-refractivity contribution in [1.82, 2.24) is 10.1 Å². The van der Waals surface area contributed by atoms with E-state index in [-0.39, 0.29) is 23.1 Å². The highest BCUT2D eigenvalue weighted by molar-refractivity contribution is 6.30. The Kier molecular flexibility index (Phi) is 4.95. The first kappa shape index (κ1) is 16.9. The highest BCUT2D eigenvalue weighted by Crippen LogP contribution is 2.27. The van der Waals surface area contributed by atoms with E-state index in [1.807, 2.05) is 6.07 Å². The molecule has 25 heavy (non-hydrogen) atoms. The summed E-state index contributed by atoms with van der Waals surface area (Å²) < 4.78 is 28.9. The Labute approximate surface area is 147 Å². The SMILES string of the molecule is COc1ccccc1-c1noc(COC(=O)c2ccc(Cl)cc2F)n1. The number of carbonyl (C=O) groups excluding carboxylic acids is 1. The van der Waals surface area contributed by atoms with Crippen LogP contribution >= 0.6 is 11.6 Å². The Balaban J connectivity index is 1.70. The largest absolute Gasteiger partial charge is 0.496 e. The molecule has 8 heteroatoms. The van der Waals surface area contributed by atoms with Crippen LogP contribution in [0.5, 0.6) is 5.75 Å². The van der Waals surface area contributed by atoms with Gasteiger partial charge in [-0.1, -0.05) is 28.9 Å². The molecule has 0 fully saturated rings. The molecule has 0 saturated heterocycles.